The van der Waals surface area contributed by atoms with Crippen LogP contribution in [-0.4, -0.2) is 18.1 Å². The van der Waals surface area contributed by atoms with E-state index in [1.807, 2.05) is 0 Å². The van der Waals surface area contributed by atoms with Crippen molar-refractivity contribution >= 4 is 21.2 Å². The summed E-state index contributed by atoms with van der Waals surface area (Å²) < 4.78 is 4.53. The Kier molecular flexibility index (Phi) is 3.00. The number of anilines is 1. The summed E-state index contributed by atoms with van der Waals surface area (Å²) in [6.45, 7) is 0. The van der Waals surface area contributed by atoms with Crippen molar-refractivity contribution in [2.24, 2.45) is 0 Å². The van der Waals surface area contributed by atoms with E-state index in [4.69, 9.17) is 0 Å². The Bertz CT molecular complexity index is 290. The number of pyridine rings is 1. The van der Waals surface area contributed by atoms with Crippen LogP contribution in [-0.2, 0) is 4.74 Å². The first-order chi connectivity index (χ1) is 5.77. The minimum Gasteiger partial charge on any atom is -0.465 e. The smallest absolute Gasteiger partial charge is 0.338 e. The first kappa shape index (κ1) is 8.94. The predicted octanol–water partition coefficient (Wildman–Crippen LogP) is 1.07. The zero-order valence-electron chi connectivity index (χ0n) is 6.57. The van der Waals surface area contributed by atoms with Gasteiger partial charge in [0.1, 0.15) is 5.82 Å². The maximum Gasteiger partial charge on any atom is 0.338 e. The number of ether oxygens (including phenoxy) is 1. The highest BCUT2D eigenvalue weighted by Crippen LogP contribution is 2.08. The molecule has 1 aromatic heterocycles. The number of esters is 1. The van der Waals surface area contributed by atoms with E-state index >= 15 is 0 Å². The molecule has 0 aliphatic heterocycles. The fourth-order valence-electron chi connectivity index (χ4n) is 0.754. The molecule has 0 aliphatic rings. The Balaban J connectivity index is 2.93. The summed E-state index contributed by atoms with van der Waals surface area (Å²) in [7, 11) is 3.64. The molecule has 4 nitrogen and oxygen atoms in total. The van der Waals surface area contributed by atoms with E-state index in [2.05, 4.69) is 24.2 Å². The van der Waals surface area contributed by atoms with Crippen molar-refractivity contribution < 1.29 is 9.53 Å². The molecule has 0 amide bonds. The van der Waals surface area contributed by atoms with Gasteiger partial charge in [0.25, 0.3) is 0 Å². The Morgan fingerprint density at radius 3 is 3.08 bits per heavy atom. The van der Waals surface area contributed by atoms with Gasteiger partial charge < -0.3 is 9.82 Å². The standard InChI is InChI=1S/C7H9N2O2P/c1-11-7(10)5-2-3-8-6(4-5)9-12/h2-4H,12H2,1H3,(H,8,9). The van der Waals surface area contributed by atoms with Crippen LogP contribution < -0.4 is 5.09 Å². The molecule has 1 heterocycles. The average Bonchev–Trinajstić information content (AvgIpc) is 2.17. The van der Waals surface area contributed by atoms with Gasteiger partial charge >= 0.3 is 5.97 Å². The molecule has 1 N–H and O–H groups in total. The van der Waals surface area contributed by atoms with E-state index in [0.29, 0.717) is 11.4 Å². The summed E-state index contributed by atoms with van der Waals surface area (Å²) in [5.41, 5.74) is 0.484. The van der Waals surface area contributed by atoms with Gasteiger partial charge in [-0.15, -0.1) is 0 Å². The van der Waals surface area contributed by atoms with Crippen LogP contribution in [0, 0.1) is 0 Å². The molecule has 0 saturated heterocycles. The first-order valence-electron chi connectivity index (χ1n) is 3.29. The van der Waals surface area contributed by atoms with Crippen molar-refractivity contribution in [1.82, 2.24) is 4.98 Å². The molecule has 12 heavy (non-hydrogen) atoms. The van der Waals surface area contributed by atoms with Crippen molar-refractivity contribution in [3.63, 3.8) is 0 Å². The van der Waals surface area contributed by atoms with Crippen molar-refractivity contribution in [3.05, 3.63) is 23.9 Å². The van der Waals surface area contributed by atoms with Crippen LogP contribution in [0.4, 0.5) is 5.82 Å². The highest BCUT2D eigenvalue weighted by Gasteiger charge is 2.04. The number of methoxy groups -OCH3 is 1. The second-order valence-electron chi connectivity index (χ2n) is 2.07. The maximum absolute atomic E-state index is 11.0. The number of hydrogen-bond donors (Lipinski definition) is 1. The summed E-state index contributed by atoms with van der Waals surface area (Å²) in [4.78, 5) is 14.9. The molecule has 0 saturated carbocycles. The molecular weight excluding hydrogens is 175 g/mol. The SMILES string of the molecule is COC(=O)c1ccnc(NP)c1. The number of rotatable bonds is 2. The van der Waals surface area contributed by atoms with E-state index in [9.17, 15) is 4.79 Å². The number of hydrogen-bond acceptors (Lipinski definition) is 4. The van der Waals surface area contributed by atoms with E-state index in [0.717, 1.165) is 0 Å². The van der Waals surface area contributed by atoms with E-state index in [-0.39, 0.29) is 5.97 Å². The first-order valence-corrected chi connectivity index (χ1v) is 3.86. The fraction of sp³-hybridized carbons (Fsp3) is 0.143. The number of aromatic nitrogens is 1. The van der Waals surface area contributed by atoms with Crippen molar-refractivity contribution in [3.8, 4) is 0 Å². The second kappa shape index (κ2) is 4.02. The molecule has 64 valence electrons. The topological polar surface area (TPSA) is 51.2 Å². The molecule has 0 radical (unpaired) electrons. The Morgan fingerprint density at radius 2 is 2.50 bits per heavy atom. The third-order valence-electron chi connectivity index (χ3n) is 1.33. The van der Waals surface area contributed by atoms with Crippen LogP contribution in [0.5, 0.6) is 0 Å². The summed E-state index contributed by atoms with van der Waals surface area (Å²) in [5.74, 6) is 0.252. The van der Waals surface area contributed by atoms with Crippen LogP contribution >= 0.6 is 9.39 Å². The fourth-order valence-corrected chi connectivity index (χ4v) is 0.912. The lowest BCUT2D eigenvalue weighted by molar-refractivity contribution is 0.0600. The highest BCUT2D eigenvalue weighted by molar-refractivity contribution is 7.18. The molecular formula is C7H9N2O2P. The second-order valence-corrected chi connectivity index (χ2v) is 2.35. The van der Waals surface area contributed by atoms with Gasteiger partial charge in [-0.2, -0.15) is 0 Å². The van der Waals surface area contributed by atoms with Gasteiger partial charge in [-0.3, -0.25) is 0 Å². The predicted molar refractivity (Wildman–Crippen MR) is 48.9 cm³/mol. The monoisotopic (exact) mass is 184 g/mol. The number of nitrogens with zero attached hydrogens (tertiary/aromatic N) is 1. The third-order valence-corrected chi connectivity index (χ3v) is 1.62. The van der Waals surface area contributed by atoms with Crippen LogP contribution in [0.15, 0.2) is 18.3 Å². The van der Waals surface area contributed by atoms with E-state index < -0.39 is 0 Å². The summed E-state index contributed by atoms with van der Waals surface area (Å²) >= 11 is 0. The van der Waals surface area contributed by atoms with Crippen LogP contribution in [0.3, 0.4) is 0 Å². The molecule has 5 heteroatoms. The number of carbonyl (C=O) groups excluding carboxylic acids is 1. The third kappa shape index (κ3) is 1.92. The largest absolute Gasteiger partial charge is 0.465 e. The van der Waals surface area contributed by atoms with Gasteiger partial charge in [-0.1, -0.05) is 0 Å². The number of nitrogens with one attached hydrogen (secondary N) is 1. The molecule has 1 aromatic rings. The normalized spacial score (nSPS) is 9.17. The van der Waals surface area contributed by atoms with Gasteiger partial charge in [0.15, 0.2) is 0 Å². The van der Waals surface area contributed by atoms with E-state index in [1.165, 1.54) is 7.11 Å². The van der Waals surface area contributed by atoms with Gasteiger partial charge in [-0.05, 0) is 21.5 Å². The van der Waals surface area contributed by atoms with Gasteiger partial charge in [0.2, 0.25) is 0 Å². The van der Waals surface area contributed by atoms with Crippen molar-refractivity contribution in [2.75, 3.05) is 12.2 Å². The quantitative estimate of drug-likeness (QED) is 0.551. The van der Waals surface area contributed by atoms with Gasteiger partial charge in [0.05, 0.1) is 12.7 Å². The van der Waals surface area contributed by atoms with Gasteiger partial charge in [-0.25, -0.2) is 9.78 Å². The van der Waals surface area contributed by atoms with Crippen LogP contribution in [0.1, 0.15) is 10.4 Å². The van der Waals surface area contributed by atoms with Crippen molar-refractivity contribution in [1.29, 1.82) is 0 Å². The highest BCUT2D eigenvalue weighted by atomic mass is 31.0. The Hall–Kier alpha value is -1.15. The lowest BCUT2D eigenvalue weighted by Crippen LogP contribution is -2.01. The Morgan fingerprint density at radius 1 is 1.75 bits per heavy atom. The zero-order valence-corrected chi connectivity index (χ0v) is 7.73. The molecule has 0 aromatic carbocycles. The lowest BCUT2D eigenvalue weighted by Gasteiger charge is -2.00. The van der Waals surface area contributed by atoms with Gasteiger partial charge in [0, 0.05) is 6.20 Å². The van der Waals surface area contributed by atoms with Crippen LogP contribution in [0.25, 0.3) is 0 Å². The average molecular weight is 184 g/mol. The Labute approximate surface area is 72.6 Å². The number of carbonyl (C=O) groups is 1. The summed E-state index contributed by atoms with van der Waals surface area (Å²) in [6.07, 6.45) is 1.54. The molecule has 1 unspecified atom stereocenters. The minimum absolute atomic E-state index is 0.362. The zero-order chi connectivity index (χ0) is 8.97. The molecule has 0 spiro atoms. The summed E-state index contributed by atoms with van der Waals surface area (Å²) in [6, 6.07) is 3.20. The molecule has 0 fully saturated rings. The minimum atomic E-state index is -0.362. The van der Waals surface area contributed by atoms with Crippen LogP contribution in [0.2, 0.25) is 0 Å². The molecule has 0 aliphatic carbocycles. The maximum atomic E-state index is 11.0. The lowest BCUT2D eigenvalue weighted by atomic mass is 10.3. The molecule has 1 atom stereocenters. The molecule has 0 bridgehead atoms. The summed E-state index contributed by atoms with van der Waals surface area (Å²) in [5, 5.41) is 2.74. The molecule has 1 rings (SSSR count). The van der Waals surface area contributed by atoms with E-state index in [1.54, 1.807) is 18.3 Å². The van der Waals surface area contributed by atoms with Crippen molar-refractivity contribution in [2.45, 2.75) is 0 Å².